The second kappa shape index (κ2) is 8.98. The molecule has 2 unspecified atom stereocenters. The van der Waals surface area contributed by atoms with Gasteiger partial charge in [-0.1, -0.05) is 0 Å². The summed E-state index contributed by atoms with van der Waals surface area (Å²) in [6.45, 7) is 6.37. The highest BCUT2D eigenvalue weighted by Crippen LogP contribution is 2.19. The number of ether oxygens (including phenoxy) is 2. The Kier molecular flexibility index (Phi) is 7.65. The van der Waals surface area contributed by atoms with Gasteiger partial charge in [0.1, 0.15) is 5.60 Å². The lowest BCUT2D eigenvalue weighted by Gasteiger charge is -2.31. The van der Waals surface area contributed by atoms with Crippen molar-refractivity contribution in [1.29, 1.82) is 0 Å². The van der Waals surface area contributed by atoms with Crippen LogP contribution in [0.3, 0.4) is 0 Å². The summed E-state index contributed by atoms with van der Waals surface area (Å²) in [5.74, 6) is -0.171. The summed E-state index contributed by atoms with van der Waals surface area (Å²) in [7, 11) is 1.41. The average Bonchev–Trinajstić information content (AvgIpc) is 2.41. The van der Waals surface area contributed by atoms with Crippen LogP contribution in [-0.2, 0) is 14.3 Å². The number of alkyl carbamates (subject to hydrolysis) is 1. The van der Waals surface area contributed by atoms with Gasteiger partial charge in [0.05, 0.1) is 7.11 Å². The van der Waals surface area contributed by atoms with Crippen molar-refractivity contribution in [3.05, 3.63) is 0 Å². The van der Waals surface area contributed by atoms with Gasteiger partial charge in [-0.15, -0.1) is 0 Å². The number of carbonyl (C=O) groups excluding carboxylic acids is 2. The summed E-state index contributed by atoms with van der Waals surface area (Å²) in [4.78, 5) is 22.8. The van der Waals surface area contributed by atoms with Gasteiger partial charge in [-0.2, -0.15) is 0 Å². The summed E-state index contributed by atoms with van der Waals surface area (Å²) in [5, 5.41) is 6.40. The van der Waals surface area contributed by atoms with Crippen molar-refractivity contribution in [2.45, 2.75) is 77.0 Å². The van der Waals surface area contributed by atoms with E-state index in [-0.39, 0.29) is 18.1 Å². The molecule has 1 aliphatic carbocycles. The molecule has 22 heavy (non-hydrogen) atoms. The third-order valence-corrected chi connectivity index (χ3v) is 3.61. The second-order valence-corrected chi connectivity index (χ2v) is 6.84. The summed E-state index contributed by atoms with van der Waals surface area (Å²) in [5.41, 5.74) is -0.468. The molecule has 0 aliphatic heterocycles. The Bertz CT molecular complexity index is 366. The standard InChI is InChI=1S/C16H30N2O4/c1-16(2,3)22-15(20)18-13-8-5-7-12(11-13)17-10-6-9-14(19)21-4/h12-13,17H,5-11H2,1-4H3,(H,18,20). The van der Waals surface area contributed by atoms with E-state index in [9.17, 15) is 9.59 Å². The number of carbonyl (C=O) groups is 2. The van der Waals surface area contributed by atoms with Crippen molar-refractivity contribution >= 4 is 12.1 Å². The fourth-order valence-electron chi connectivity index (χ4n) is 2.62. The molecular weight excluding hydrogens is 284 g/mol. The molecule has 1 rings (SSSR count). The molecule has 0 spiro atoms. The van der Waals surface area contributed by atoms with E-state index in [1.54, 1.807) is 0 Å². The maximum absolute atomic E-state index is 11.8. The number of amides is 1. The van der Waals surface area contributed by atoms with E-state index in [1.165, 1.54) is 7.11 Å². The summed E-state index contributed by atoms with van der Waals surface area (Å²) >= 11 is 0. The van der Waals surface area contributed by atoms with Crippen LogP contribution in [-0.4, -0.2) is 43.4 Å². The molecule has 6 nitrogen and oxygen atoms in total. The van der Waals surface area contributed by atoms with Gasteiger partial charge in [0.2, 0.25) is 0 Å². The first kappa shape index (κ1) is 18.7. The molecule has 0 heterocycles. The Balaban J connectivity index is 2.23. The van der Waals surface area contributed by atoms with Gasteiger partial charge in [0.25, 0.3) is 0 Å². The van der Waals surface area contributed by atoms with Crippen LogP contribution in [0.25, 0.3) is 0 Å². The van der Waals surface area contributed by atoms with Crippen molar-refractivity contribution in [2.24, 2.45) is 0 Å². The van der Waals surface area contributed by atoms with Gasteiger partial charge >= 0.3 is 12.1 Å². The molecule has 0 bridgehead atoms. The highest BCUT2D eigenvalue weighted by molar-refractivity contribution is 5.69. The Hall–Kier alpha value is -1.30. The molecule has 1 amide bonds. The van der Waals surface area contributed by atoms with Crippen LogP contribution in [0.15, 0.2) is 0 Å². The quantitative estimate of drug-likeness (QED) is 0.581. The molecule has 0 aromatic carbocycles. The van der Waals surface area contributed by atoms with E-state index >= 15 is 0 Å². The van der Waals surface area contributed by atoms with Crippen LogP contribution in [0.2, 0.25) is 0 Å². The molecule has 1 saturated carbocycles. The lowest BCUT2D eigenvalue weighted by Crippen LogP contribution is -2.45. The first-order valence-corrected chi connectivity index (χ1v) is 8.10. The van der Waals surface area contributed by atoms with Crippen molar-refractivity contribution in [3.63, 3.8) is 0 Å². The highest BCUT2D eigenvalue weighted by atomic mass is 16.6. The minimum absolute atomic E-state index is 0.154. The van der Waals surface area contributed by atoms with Crippen LogP contribution < -0.4 is 10.6 Å². The summed E-state index contributed by atoms with van der Waals surface area (Å²) in [6.07, 6.45) is 4.93. The van der Waals surface area contributed by atoms with Crippen molar-refractivity contribution < 1.29 is 19.1 Å². The Morgan fingerprint density at radius 2 is 1.86 bits per heavy atom. The zero-order valence-corrected chi connectivity index (χ0v) is 14.2. The molecule has 128 valence electrons. The molecule has 0 radical (unpaired) electrons. The predicted molar refractivity (Wildman–Crippen MR) is 84.7 cm³/mol. The fraction of sp³-hybridized carbons (Fsp3) is 0.875. The maximum Gasteiger partial charge on any atom is 0.407 e. The number of methoxy groups -OCH3 is 1. The largest absolute Gasteiger partial charge is 0.469 e. The molecule has 2 N–H and O–H groups in total. The zero-order valence-electron chi connectivity index (χ0n) is 14.2. The normalized spacial score (nSPS) is 22.0. The number of nitrogens with one attached hydrogen (secondary N) is 2. The van der Waals surface area contributed by atoms with Gasteiger partial charge in [-0.3, -0.25) is 4.79 Å². The molecule has 2 atom stereocenters. The fourth-order valence-corrected chi connectivity index (χ4v) is 2.62. The van der Waals surface area contributed by atoms with Crippen LogP contribution in [0.5, 0.6) is 0 Å². The smallest absolute Gasteiger partial charge is 0.407 e. The van der Waals surface area contributed by atoms with E-state index in [1.807, 2.05) is 20.8 Å². The van der Waals surface area contributed by atoms with Crippen LogP contribution in [0, 0.1) is 0 Å². The Labute approximate surface area is 133 Å². The van der Waals surface area contributed by atoms with Gasteiger partial charge in [0.15, 0.2) is 0 Å². The molecule has 0 aromatic heterocycles. The number of hydrogen-bond donors (Lipinski definition) is 2. The molecule has 0 aromatic rings. The van der Waals surface area contributed by atoms with Crippen LogP contribution in [0.4, 0.5) is 4.79 Å². The molecule has 1 fully saturated rings. The van der Waals surface area contributed by atoms with E-state index < -0.39 is 5.60 Å². The molecule has 0 saturated heterocycles. The van der Waals surface area contributed by atoms with Crippen LogP contribution in [0.1, 0.15) is 59.3 Å². The Morgan fingerprint density at radius 1 is 1.18 bits per heavy atom. The third kappa shape index (κ3) is 8.22. The Morgan fingerprint density at radius 3 is 2.50 bits per heavy atom. The molecule has 1 aliphatic rings. The lowest BCUT2D eigenvalue weighted by atomic mass is 9.91. The van der Waals surface area contributed by atoms with Gasteiger partial charge in [-0.05, 0) is 59.4 Å². The monoisotopic (exact) mass is 314 g/mol. The third-order valence-electron chi connectivity index (χ3n) is 3.61. The van der Waals surface area contributed by atoms with E-state index in [0.29, 0.717) is 12.5 Å². The topological polar surface area (TPSA) is 76.7 Å². The first-order valence-electron chi connectivity index (χ1n) is 8.10. The summed E-state index contributed by atoms with van der Waals surface area (Å²) < 4.78 is 9.91. The molecule has 6 heteroatoms. The maximum atomic E-state index is 11.8. The minimum atomic E-state index is -0.468. The van der Waals surface area contributed by atoms with Crippen LogP contribution >= 0.6 is 0 Å². The van der Waals surface area contributed by atoms with E-state index in [0.717, 1.165) is 38.6 Å². The first-order chi connectivity index (χ1) is 10.3. The number of hydrogen-bond acceptors (Lipinski definition) is 5. The lowest BCUT2D eigenvalue weighted by molar-refractivity contribution is -0.140. The highest BCUT2D eigenvalue weighted by Gasteiger charge is 2.25. The number of rotatable bonds is 6. The average molecular weight is 314 g/mol. The van der Waals surface area contributed by atoms with Crippen molar-refractivity contribution in [2.75, 3.05) is 13.7 Å². The zero-order chi connectivity index (χ0) is 16.6. The van der Waals surface area contributed by atoms with Gasteiger partial charge in [-0.25, -0.2) is 4.79 Å². The van der Waals surface area contributed by atoms with Gasteiger partial charge < -0.3 is 20.1 Å². The summed E-state index contributed by atoms with van der Waals surface area (Å²) in [6, 6.07) is 0.535. The van der Waals surface area contributed by atoms with Crippen molar-refractivity contribution in [3.8, 4) is 0 Å². The van der Waals surface area contributed by atoms with E-state index in [2.05, 4.69) is 15.4 Å². The second-order valence-electron chi connectivity index (χ2n) is 6.84. The molecular formula is C16H30N2O4. The van der Waals surface area contributed by atoms with Crippen molar-refractivity contribution in [1.82, 2.24) is 10.6 Å². The number of esters is 1. The van der Waals surface area contributed by atoms with Gasteiger partial charge in [0, 0.05) is 18.5 Å². The SMILES string of the molecule is COC(=O)CCCNC1CCCC(NC(=O)OC(C)(C)C)C1. The van der Waals surface area contributed by atoms with E-state index in [4.69, 9.17) is 4.74 Å². The predicted octanol–water partition coefficient (Wildman–Crippen LogP) is 2.37. The minimum Gasteiger partial charge on any atom is -0.469 e.